The minimum atomic E-state index is -4.09. The molecule has 7 nitrogen and oxygen atoms in total. The highest BCUT2D eigenvalue weighted by atomic mass is 19.4. The van der Waals surface area contributed by atoms with Crippen molar-refractivity contribution in [1.29, 1.82) is 0 Å². The van der Waals surface area contributed by atoms with Crippen molar-refractivity contribution in [2.24, 2.45) is 11.3 Å². The van der Waals surface area contributed by atoms with Crippen LogP contribution in [0.3, 0.4) is 0 Å². The number of nitrogens with one attached hydrogen (secondary N) is 3. The summed E-state index contributed by atoms with van der Waals surface area (Å²) in [5, 5.41) is 9.87. The average molecular weight is 559 g/mol. The number of hydrogen-bond donors (Lipinski definition) is 3. The van der Waals surface area contributed by atoms with Crippen LogP contribution < -0.4 is 16.0 Å². The number of fused-ring (bicyclic) bond motifs is 1. The van der Waals surface area contributed by atoms with Gasteiger partial charge < -0.3 is 15.5 Å². The molecule has 1 aromatic rings. The summed E-state index contributed by atoms with van der Waals surface area (Å²) in [7, 11) is 0. The second kappa shape index (κ2) is 8.94. The molecule has 2 bridgehead atoms. The number of amides is 3. The fourth-order valence-corrected chi connectivity index (χ4v) is 8.30. The topological polar surface area (TPSA) is 90.5 Å². The predicted molar refractivity (Wildman–Crippen MR) is 141 cm³/mol. The fraction of sp³-hybridized carbons (Fsp3) is 0.700. The number of alkyl halides is 3. The lowest BCUT2D eigenvalue weighted by molar-refractivity contribution is -0.340. The van der Waals surface area contributed by atoms with Crippen molar-refractivity contribution >= 4 is 23.4 Å². The van der Waals surface area contributed by atoms with Crippen molar-refractivity contribution in [2.75, 3.05) is 5.32 Å². The summed E-state index contributed by atoms with van der Waals surface area (Å²) in [6.07, 6.45) is 5.54. The van der Waals surface area contributed by atoms with E-state index in [1.54, 1.807) is 4.90 Å². The van der Waals surface area contributed by atoms with Crippen LogP contribution in [0.1, 0.15) is 99.4 Å². The summed E-state index contributed by atoms with van der Waals surface area (Å²) in [4.78, 5) is 39.1. The van der Waals surface area contributed by atoms with Gasteiger partial charge in [-0.15, -0.1) is 0 Å². The fourth-order valence-electron chi connectivity index (χ4n) is 8.30. The van der Waals surface area contributed by atoms with E-state index in [4.69, 9.17) is 0 Å². The number of carbonyl (C=O) groups excluding carboxylic acids is 3. The predicted octanol–water partition coefficient (Wildman–Crippen LogP) is 4.81. The maximum Gasteiger partial charge on any atom is 0.394 e. The summed E-state index contributed by atoms with van der Waals surface area (Å²) in [5.74, 6) is -0.115. The van der Waals surface area contributed by atoms with Crippen molar-refractivity contribution in [1.82, 2.24) is 15.5 Å². The third kappa shape index (κ3) is 4.32. The molecule has 0 radical (unpaired) electrons. The number of imide groups is 1. The second-order valence-corrected chi connectivity index (χ2v) is 13.6. The first-order valence-corrected chi connectivity index (χ1v) is 14.9. The molecule has 1 atom stereocenters. The largest absolute Gasteiger partial charge is 0.394 e. The zero-order chi connectivity index (χ0) is 27.9. The maximum atomic E-state index is 13.3. The van der Waals surface area contributed by atoms with Gasteiger partial charge in [0, 0.05) is 46.9 Å². The number of carbonyl (C=O) groups is 3. The Hall–Kier alpha value is -2.62. The van der Waals surface area contributed by atoms with Gasteiger partial charge in [0.15, 0.2) is 0 Å². The van der Waals surface area contributed by atoms with Crippen LogP contribution in [0.15, 0.2) is 18.2 Å². The van der Waals surface area contributed by atoms with Gasteiger partial charge in [0.1, 0.15) is 6.04 Å². The Kier molecular flexibility index (Phi) is 5.87. The van der Waals surface area contributed by atoms with Crippen LogP contribution in [0.2, 0.25) is 0 Å². The molecular formula is C30H37F3N4O3. The standard InChI is InChI=1S/C30H37F3N4O3/c31-30(32,33)27-15-29(16-27,17-27)35-19-9-12-28(13-10-19,11-8-18-4-5-18)36-22-3-1-2-20-21(22)14-37(26(20)40)23-6-7-24(38)34-25(23)39/h1-3,18-19,23,35-36H,4-17H2,(H,34,38,39). The highest BCUT2D eigenvalue weighted by Gasteiger charge is 2.78. The first-order chi connectivity index (χ1) is 19.0. The molecule has 5 saturated carbocycles. The summed E-state index contributed by atoms with van der Waals surface area (Å²) in [6, 6.07) is 5.29. The number of halogens is 3. The van der Waals surface area contributed by atoms with Crippen LogP contribution in [0, 0.1) is 11.3 Å². The average Bonchev–Trinajstić information content (AvgIpc) is 3.63. The normalized spacial score (nSPS) is 37.0. The lowest BCUT2D eigenvalue weighted by atomic mass is 9.39. The van der Waals surface area contributed by atoms with E-state index in [1.165, 1.54) is 12.8 Å². The Balaban J connectivity index is 1.04. The van der Waals surface area contributed by atoms with Crippen LogP contribution in [0.5, 0.6) is 0 Å². The Morgan fingerprint density at radius 1 is 1.00 bits per heavy atom. The van der Waals surface area contributed by atoms with Gasteiger partial charge in [0.25, 0.3) is 5.91 Å². The van der Waals surface area contributed by atoms with Crippen LogP contribution in [-0.2, 0) is 16.1 Å². The molecule has 1 aromatic carbocycles. The minimum Gasteiger partial charge on any atom is -0.379 e. The Bertz CT molecular complexity index is 1230. The molecule has 3 N–H and O–H groups in total. The maximum absolute atomic E-state index is 13.3. The second-order valence-electron chi connectivity index (χ2n) is 13.6. The van der Waals surface area contributed by atoms with E-state index in [-0.39, 0.29) is 54.6 Å². The molecule has 3 amide bonds. The monoisotopic (exact) mass is 558 g/mol. The molecular weight excluding hydrogens is 521 g/mol. The molecule has 1 saturated heterocycles. The third-order valence-electron chi connectivity index (χ3n) is 10.8. The summed E-state index contributed by atoms with van der Waals surface area (Å²) < 4.78 is 40.0. The zero-order valence-electron chi connectivity index (χ0n) is 22.7. The number of nitrogens with zero attached hydrogens (tertiary/aromatic N) is 1. The van der Waals surface area contributed by atoms with E-state index in [9.17, 15) is 27.6 Å². The smallest absolute Gasteiger partial charge is 0.379 e. The molecule has 0 spiro atoms. The van der Waals surface area contributed by atoms with Crippen molar-refractivity contribution in [3.8, 4) is 0 Å². The Labute approximate surface area is 232 Å². The van der Waals surface area contributed by atoms with Gasteiger partial charge in [-0.05, 0) is 82.3 Å². The van der Waals surface area contributed by atoms with E-state index < -0.39 is 23.5 Å². The summed E-state index contributed by atoms with van der Waals surface area (Å²) in [5.41, 5.74) is 0.542. The Morgan fingerprint density at radius 2 is 1.73 bits per heavy atom. The van der Waals surface area contributed by atoms with Gasteiger partial charge in [-0.3, -0.25) is 19.7 Å². The molecule has 1 unspecified atom stereocenters. The van der Waals surface area contributed by atoms with Gasteiger partial charge in [0.05, 0.1) is 5.41 Å². The third-order valence-corrected chi connectivity index (χ3v) is 10.8. The van der Waals surface area contributed by atoms with Gasteiger partial charge >= 0.3 is 6.18 Å². The molecule has 5 aliphatic carbocycles. The zero-order valence-corrected chi connectivity index (χ0v) is 22.7. The lowest BCUT2D eigenvalue weighted by Crippen LogP contribution is -2.79. The summed E-state index contributed by atoms with van der Waals surface area (Å²) >= 11 is 0. The van der Waals surface area contributed by atoms with Crippen LogP contribution in [-0.4, -0.2) is 52.0 Å². The Morgan fingerprint density at radius 3 is 2.38 bits per heavy atom. The number of hydrogen-bond acceptors (Lipinski definition) is 5. The summed E-state index contributed by atoms with van der Waals surface area (Å²) in [6.45, 7) is 0.329. The van der Waals surface area contributed by atoms with Crippen LogP contribution in [0.25, 0.3) is 0 Å². The molecule has 40 heavy (non-hydrogen) atoms. The quantitative estimate of drug-likeness (QED) is 0.399. The number of anilines is 1. The number of benzene rings is 1. The highest BCUT2D eigenvalue weighted by molar-refractivity contribution is 6.06. The van der Waals surface area contributed by atoms with E-state index in [0.717, 1.165) is 55.7 Å². The van der Waals surface area contributed by atoms with Gasteiger partial charge in [-0.2, -0.15) is 13.2 Å². The minimum absolute atomic E-state index is 0.131. The van der Waals surface area contributed by atoms with Crippen molar-refractivity contribution < 1.29 is 27.6 Å². The molecule has 216 valence electrons. The lowest BCUT2D eigenvalue weighted by Gasteiger charge is -2.71. The number of rotatable bonds is 8. The molecule has 2 heterocycles. The molecule has 7 aliphatic rings. The van der Waals surface area contributed by atoms with Crippen molar-refractivity contribution in [3.05, 3.63) is 29.3 Å². The van der Waals surface area contributed by atoms with E-state index in [2.05, 4.69) is 16.0 Å². The van der Waals surface area contributed by atoms with Crippen LogP contribution in [0.4, 0.5) is 18.9 Å². The number of piperidine rings is 1. The van der Waals surface area contributed by atoms with E-state index in [0.29, 0.717) is 18.5 Å². The molecule has 8 rings (SSSR count). The molecule has 10 heteroatoms. The van der Waals surface area contributed by atoms with Gasteiger partial charge in [0.2, 0.25) is 11.8 Å². The van der Waals surface area contributed by atoms with Gasteiger partial charge in [-0.25, -0.2) is 0 Å². The highest BCUT2D eigenvalue weighted by Crippen LogP contribution is 2.73. The van der Waals surface area contributed by atoms with E-state index >= 15 is 0 Å². The van der Waals surface area contributed by atoms with E-state index in [1.807, 2.05) is 18.2 Å². The molecule has 2 aliphatic heterocycles. The first kappa shape index (κ1) is 26.3. The first-order valence-electron chi connectivity index (χ1n) is 14.9. The molecule has 6 fully saturated rings. The van der Waals surface area contributed by atoms with Crippen molar-refractivity contribution in [2.45, 2.75) is 119 Å². The molecule has 0 aromatic heterocycles. The SMILES string of the molecule is O=C1CCC(N2Cc3c(NC4(CCC5CC5)CCC(NC56CC(C(F)(F)F)(C5)C6)CC4)cccc3C2=O)C(=O)N1. The van der Waals surface area contributed by atoms with Crippen LogP contribution >= 0.6 is 0 Å². The van der Waals surface area contributed by atoms with Crippen molar-refractivity contribution in [3.63, 3.8) is 0 Å². The van der Waals surface area contributed by atoms with Gasteiger partial charge in [-0.1, -0.05) is 18.9 Å².